The highest BCUT2D eigenvalue weighted by Crippen LogP contribution is 2.29. The number of imide groups is 1. The van der Waals surface area contributed by atoms with Gasteiger partial charge >= 0.3 is 0 Å². The van der Waals surface area contributed by atoms with E-state index in [2.05, 4.69) is 10.6 Å². The summed E-state index contributed by atoms with van der Waals surface area (Å²) in [5.74, 6) is -0.826. The summed E-state index contributed by atoms with van der Waals surface area (Å²) < 4.78 is 0. The number of nitrogens with two attached hydrogens (primary N) is 1. The molecule has 22 heavy (non-hydrogen) atoms. The van der Waals surface area contributed by atoms with Gasteiger partial charge in [-0.05, 0) is 30.2 Å². The van der Waals surface area contributed by atoms with Gasteiger partial charge in [-0.25, -0.2) is 0 Å². The highest BCUT2D eigenvalue weighted by molar-refractivity contribution is 6.05. The van der Waals surface area contributed by atoms with E-state index >= 15 is 0 Å². The molecule has 1 atom stereocenters. The molecule has 1 aromatic carbocycles. The zero-order chi connectivity index (χ0) is 15.7. The van der Waals surface area contributed by atoms with Crippen molar-refractivity contribution in [1.29, 1.82) is 0 Å². The Bertz CT molecular complexity index is 644. The second-order valence-corrected chi connectivity index (χ2v) is 5.49. The third kappa shape index (κ3) is 2.55. The number of carbonyl (C=O) groups excluding carboxylic acids is 3. The molecule has 2 heterocycles. The molecule has 3 amide bonds. The van der Waals surface area contributed by atoms with Gasteiger partial charge in [0.2, 0.25) is 11.8 Å². The topological polar surface area (TPSA) is 105 Å². The van der Waals surface area contributed by atoms with Crippen molar-refractivity contribution in [1.82, 2.24) is 10.2 Å². The summed E-state index contributed by atoms with van der Waals surface area (Å²) >= 11 is 0. The molecule has 7 heteroatoms. The zero-order valence-electron chi connectivity index (χ0n) is 12.1. The Hall–Kier alpha value is -2.41. The van der Waals surface area contributed by atoms with E-state index < -0.39 is 6.04 Å². The molecule has 0 aliphatic carbocycles. The van der Waals surface area contributed by atoms with Crippen LogP contribution in [0, 0.1) is 0 Å². The van der Waals surface area contributed by atoms with Crippen molar-refractivity contribution in [2.24, 2.45) is 5.73 Å². The molecule has 0 aromatic heterocycles. The van der Waals surface area contributed by atoms with Gasteiger partial charge in [-0.15, -0.1) is 0 Å². The minimum absolute atomic E-state index is 0.158. The lowest BCUT2D eigenvalue weighted by atomic mass is 10.0. The van der Waals surface area contributed by atoms with Gasteiger partial charge in [-0.1, -0.05) is 0 Å². The van der Waals surface area contributed by atoms with Crippen molar-refractivity contribution in [2.45, 2.75) is 25.4 Å². The van der Waals surface area contributed by atoms with Crippen molar-refractivity contribution in [3.63, 3.8) is 0 Å². The fraction of sp³-hybridized carbons (Fsp3) is 0.400. The summed E-state index contributed by atoms with van der Waals surface area (Å²) in [5.41, 5.74) is 7.86. The number of hydrogen-bond donors (Lipinski definition) is 3. The summed E-state index contributed by atoms with van der Waals surface area (Å²) in [5, 5.41) is 5.46. The van der Waals surface area contributed by atoms with Crippen LogP contribution in [0.1, 0.15) is 28.8 Å². The van der Waals surface area contributed by atoms with Gasteiger partial charge in [0, 0.05) is 37.3 Å². The number of piperidine rings is 1. The lowest BCUT2D eigenvalue weighted by Gasteiger charge is -2.29. The smallest absolute Gasteiger partial charge is 0.255 e. The first kappa shape index (κ1) is 14.5. The van der Waals surface area contributed by atoms with Crippen molar-refractivity contribution in [3.05, 3.63) is 29.3 Å². The van der Waals surface area contributed by atoms with Crippen LogP contribution in [0.25, 0.3) is 0 Å². The fourth-order valence-electron chi connectivity index (χ4n) is 2.90. The van der Waals surface area contributed by atoms with Crippen LogP contribution in [0.3, 0.4) is 0 Å². The van der Waals surface area contributed by atoms with Crippen LogP contribution < -0.4 is 16.4 Å². The van der Waals surface area contributed by atoms with Crippen molar-refractivity contribution < 1.29 is 14.4 Å². The molecular formula is C15H18N4O3. The van der Waals surface area contributed by atoms with Crippen LogP contribution in [0.2, 0.25) is 0 Å². The van der Waals surface area contributed by atoms with E-state index in [9.17, 15) is 14.4 Å². The molecule has 4 N–H and O–H groups in total. The first-order valence-corrected chi connectivity index (χ1v) is 7.31. The third-order valence-electron chi connectivity index (χ3n) is 4.00. The maximum atomic E-state index is 12.5. The van der Waals surface area contributed by atoms with Gasteiger partial charge < -0.3 is 16.0 Å². The maximum Gasteiger partial charge on any atom is 0.255 e. The number of anilines is 1. The van der Waals surface area contributed by atoms with Crippen LogP contribution in [0.5, 0.6) is 0 Å². The van der Waals surface area contributed by atoms with E-state index in [-0.39, 0.29) is 24.1 Å². The molecular weight excluding hydrogens is 284 g/mol. The third-order valence-corrected chi connectivity index (χ3v) is 4.00. The number of carbonyl (C=O) groups is 3. The summed E-state index contributed by atoms with van der Waals surface area (Å²) in [7, 11) is 0. The number of nitrogens with one attached hydrogen (secondary N) is 2. The second-order valence-electron chi connectivity index (χ2n) is 5.49. The highest BCUT2D eigenvalue weighted by Gasteiger charge is 2.38. The van der Waals surface area contributed by atoms with Gasteiger partial charge in [0.05, 0.1) is 0 Å². The molecule has 1 saturated heterocycles. The predicted octanol–water partition coefficient (Wildman–Crippen LogP) is -0.182. The van der Waals surface area contributed by atoms with Crippen LogP contribution in [-0.2, 0) is 16.1 Å². The minimum atomic E-state index is -0.571. The Kier molecular flexibility index (Phi) is 3.81. The van der Waals surface area contributed by atoms with Crippen LogP contribution in [0.15, 0.2) is 18.2 Å². The molecule has 1 aromatic rings. The maximum absolute atomic E-state index is 12.5. The van der Waals surface area contributed by atoms with Crippen LogP contribution in [-0.4, -0.2) is 41.8 Å². The van der Waals surface area contributed by atoms with E-state index in [1.165, 1.54) is 0 Å². The lowest BCUT2D eigenvalue weighted by molar-refractivity contribution is -0.136. The van der Waals surface area contributed by atoms with Gasteiger partial charge in [-0.2, -0.15) is 0 Å². The van der Waals surface area contributed by atoms with E-state index in [0.29, 0.717) is 31.6 Å². The Morgan fingerprint density at radius 3 is 2.86 bits per heavy atom. The largest absolute Gasteiger partial charge is 0.384 e. The minimum Gasteiger partial charge on any atom is -0.384 e. The molecule has 0 saturated carbocycles. The van der Waals surface area contributed by atoms with E-state index in [4.69, 9.17) is 5.73 Å². The first-order valence-electron chi connectivity index (χ1n) is 7.31. The molecule has 0 radical (unpaired) electrons. The number of fused-ring (bicyclic) bond motifs is 1. The monoisotopic (exact) mass is 302 g/mol. The van der Waals surface area contributed by atoms with Gasteiger partial charge in [0.1, 0.15) is 6.04 Å². The average molecular weight is 302 g/mol. The zero-order valence-corrected chi connectivity index (χ0v) is 12.1. The molecule has 0 unspecified atom stereocenters. The molecule has 3 rings (SSSR count). The number of rotatable bonds is 4. The molecule has 0 bridgehead atoms. The quantitative estimate of drug-likeness (QED) is 0.669. The van der Waals surface area contributed by atoms with E-state index in [1.54, 1.807) is 11.0 Å². The summed E-state index contributed by atoms with van der Waals surface area (Å²) in [4.78, 5) is 37.2. The Balaban J connectivity index is 1.78. The SMILES string of the molecule is NCCNc1ccc2c(c1)CN([C@@H]1CCC(=O)NC1=O)C2=O. The molecule has 1 fully saturated rings. The van der Waals surface area contributed by atoms with Crippen molar-refractivity contribution in [2.75, 3.05) is 18.4 Å². The highest BCUT2D eigenvalue weighted by atomic mass is 16.2. The second kappa shape index (κ2) is 5.76. The average Bonchev–Trinajstić information content (AvgIpc) is 2.82. The van der Waals surface area contributed by atoms with Gasteiger partial charge in [-0.3, -0.25) is 19.7 Å². The lowest BCUT2D eigenvalue weighted by Crippen LogP contribution is -2.52. The van der Waals surface area contributed by atoms with Crippen LogP contribution >= 0.6 is 0 Å². The Morgan fingerprint density at radius 2 is 2.14 bits per heavy atom. The van der Waals surface area contributed by atoms with E-state index in [1.807, 2.05) is 12.1 Å². The number of hydrogen-bond acceptors (Lipinski definition) is 5. The first-order chi connectivity index (χ1) is 10.6. The standard InChI is InChI=1S/C15H18N4O3/c16-5-6-17-10-1-2-11-9(7-10)8-19(15(11)22)12-3-4-13(20)18-14(12)21/h1-2,7,12,17H,3-6,8,16H2,(H,18,20,21)/t12-/m1/s1. The number of amides is 3. The van der Waals surface area contributed by atoms with E-state index in [0.717, 1.165) is 11.3 Å². The summed E-state index contributed by atoms with van der Waals surface area (Å²) in [6, 6.07) is 4.94. The predicted molar refractivity (Wildman–Crippen MR) is 80.0 cm³/mol. The fourth-order valence-corrected chi connectivity index (χ4v) is 2.90. The Labute approximate surface area is 127 Å². The molecule has 2 aliphatic heterocycles. The molecule has 116 valence electrons. The van der Waals surface area contributed by atoms with Crippen molar-refractivity contribution >= 4 is 23.4 Å². The normalized spacial score (nSPS) is 20.9. The summed E-state index contributed by atoms with van der Waals surface area (Å²) in [6.45, 7) is 1.57. The Morgan fingerprint density at radius 1 is 1.32 bits per heavy atom. The number of benzene rings is 1. The van der Waals surface area contributed by atoms with Gasteiger partial charge in [0.15, 0.2) is 0 Å². The van der Waals surface area contributed by atoms with Crippen LogP contribution in [0.4, 0.5) is 5.69 Å². The van der Waals surface area contributed by atoms with Gasteiger partial charge in [0.25, 0.3) is 5.91 Å². The molecule has 2 aliphatic rings. The summed E-state index contributed by atoms with van der Waals surface area (Å²) in [6.07, 6.45) is 0.641. The number of nitrogens with zero attached hydrogens (tertiary/aromatic N) is 1. The molecule has 0 spiro atoms. The van der Waals surface area contributed by atoms with Crippen molar-refractivity contribution in [3.8, 4) is 0 Å². The molecule has 7 nitrogen and oxygen atoms in total.